The number of amides is 1. The number of pyridine rings is 1. The van der Waals surface area contributed by atoms with Crippen LogP contribution in [0.3, 0.4) is 0 Å². The number of halogens is 1. The number of anilines is 2. The lowest BCUT2D eigenvalue weighted by Gasteiger charge is -2.19. The lowest BCUT2D eigenvalue weighted by atomic mass is 10.2. The molecule has 3 aromatic rings. The van der Waals surface area contributed by atoms with Crippen LogP contribution in [0.1, 0.15) is 23.5 Å². The van der Waals surface area contributed by atoms with Crippen LogP contribution >= 0.6 is 11.3 Å². The van der Waals surface area contributed by atoms with Gasteiger partial charge in [-0.1, -0.05) is 12.1 Å². The van der Waals surface area contributed by atoms with E-state index in [4.69, 9.17) is 0 Å². The number of carbonyl (C=O) groups excluding carboxylic acids is 1. The molecular formula is C19H19FN4OS. The molecule has 0 atom stereocenters. The van der Waals surface area contributed by atoms with Crippen molar-refractivity contribution in [3.63, 3.8) is 0 Å². The van der Waals surface area contributed by atoms with Crippen molar-refractivity contribution < 1.29 is 9.18 Å². The molecule has 0 aliphatic carbocycles. The van der Waals surface area contributed by atoms with Gasteiger partial charge in [-0.2, -0.15) is 0 Å². The minimum absolute atomic E-state index is 0.289. The molecule has 7 heteroatoms. The van der Waals surface area contributed by atoms with E-state index in [0.29, 0.717) is 21.1 Å². The highest BCUT2D eigenvalue weighted by Crippen LogP contribution is 2.27. The van der Waals surface area contributed by atoms with E-state index >= 15 is 0 Å². The number of hydrogen-bond donors (Lipinski definition) is 1. The Bertz CT molecular complexity index is 891. The first kappa shape index (κ1) is 18.0. The summed E-state index contributed by atoms with van der Waals surface area (Å²) < 4.78 is 13.8. The maximum absolute atomic E-state index is 13.8. The van der Waals surface area contributed by atoms with Gasteiger partial charge in [0, 0.05) is 18.7 Å². The summed E-state index contributed by atoms with van der Waals surface area (Å²) in [6, 6.07) is 10.1. The van der Waals surface area contributed by atoms with E-state index in [0.717, 1.165) is 30.2 Å². The summed E-state index contributed by atoms with van der Waals surface area (Å²) >= 11 is 1.15. The van der Waals surface area contributed by atoms with Crippen LogP contribution in [0.4, 0.5) is 15.9 Å². The quantitative estimate of drug-likeness (QED) is 0.697. The van der Waals surface area contributed by atoms with E-state index in [2.05, 4.69) is 34.0 Å². The van der Waals surface area contributed by atoms with E-state index in [9.17, 15) is 9.18 Å². The molecule has 0 aliphatic rings. The average molecular weight is 370 g/mol. The van der Waals surface area contributed by atoms with Crippen molar-refractivity contribution in [1.82, 2.24) is 9.97 Å². The van der Waals surface area contributed by atoms with Crippen LogP contribution in [-0.2, 0) is 0 Å². The molecule has 0 bridgehead atoms. The molecule has 0 saturated carbocycles. The van der Waals surface area contributed by atoms with Gasteiger partial charge in [0.2, 0.25) is 0 Å². The Hall–Kier alpha value is -2.80. The SMILES string of the molecule is CCN(CC)c1ccc(NC(=O)c2cnc(-c3ccccc3F)s2)cn1. The van der Waals surface area contributed by atoms with Gasteiger partial charge in [0.25, 0.3) is 5.91 Å². The molecule has 0 radical (unpaired) electrons. The zero-order valence-corrected chi connectivity index (χ0v) is 15.4. The largest absolute Gasteiger partial charge is 0.357 e. The highest BCUT2D eigenvalue weighted by molar-refractivity contribution is 7.17. The minimum Gasteiger partial charge on any atom is -0.357 e. The second-order valence-corrected chi connectivity index (χ2v) is 6.57. The maximum atomic E-state index is 13.8. The number of benzene rings is 1. The zero-order chi connectivity index (χ0) is 18.5. The Morgan fingerprint density at radius 2 is 1.88 bits per heavy atom. The van der Waals surface area contributed by atoms with Crippen molar-refractivity contribution in [1.29, 1.82) is 0 Å². The number of aromatic nitrogens is 2. The van der Waals surface area contributed by atoms with E-state index in [-0.39, 0.29) is 11.7 Å². The molecule has 3 rings (SSSR count). The summed E-state index contributed by atoms with van der Waals surface area (Å²) in [7, 11) is 0. The van der Waals surface area contributed by atoms with Crippen LogP contribution in [0.5, 0.6) is 0 Å². The third-order valence-corrected chi connectivity index (χ3v) is 4.96. The first-order chi connectivity index (χ1) is 12.6. The van der Waals surface area contributed by atoms with Crippen LogP contribution < -0.4 is 10.2 Å². The Balaban J connectivity index is 1.72. The van der Waals surface area contributed by atoms with E-state index in [1.54, 1.807) is 24.4 Å². The summed E-state index contributed by atoms with van der Waals surface area (Å²) in [5.74, 6) is 0.222. The number of thiazole rings is 1. The van der Waals surface area contributed by atoms with Crippen LogP contribution in [0.2, 0.25) is 0 Å². The predicted octanol–water partition coefficient (Wildman–Crippen LogP) is 4.44. The van der Waals surface area contributed by atoms with Crippen molar-refractivity contribution in [3.05, 3.63) is 59.5 Å². The molecule has 0 spiro atoms. The van der Waals surface area contributed by atoms with Crippen molar-refractivity contribution >= 4 is 28.7 Å². The summed E-state index contributed by atoms with van der Waals surface area (Å²) in [5.41, 5.74) is 0.994. The van der Waals surface area contributed by atoms with Gasteiger partial charge in [-0.25, -0.2) is 14.4 Å². The Kier molecular flexibility index (Phi) is 5.58. The number of nitrogens with zero attached hydrogens (tertiary/aromatic N) is 3. The molecule has 0 unspecified atom stereocenters. The molecule has 0 aliphatic heterocycles. The van der Waals surface area contributed by atoms with Crippen LogP contribution in [-0.4, -0.2) is 29.0 Å². The fourth-order valence-corrected chi connectivity index (χ4v) is 3.36. The van der Waals surface area contributed by atoms with Crippen molar-refractivity contribution in [2.75, 3.05) is 23.3 Å². The molecule has 1 N–H and O–H groups in total. The molecule has 2 heterocycles. The standard InChI is InChI=1S/C19H19FN4OS/c1-3-24(4-2)17-10-9-13(11-21-17)23-18(25)16-12-22-19(26-16)14-7-5-6-8-15(14)20/h5-12H,3-4H2,1-2H3,(H,23,25). The van der Waals surface area contributed by atoms with Gasteiger partial charge < -0.3 is 10.2 Å². The minimum atomic E-state index is -0.356. The second kappa shape index (κ2) is 8.05. The van der Waals surface area contributed by atoms with Gasteiger partial charge in [-0.05, 0) is 38.1 Å². The lowest BCUT2D eigenvalue weighted by molar-refractivity contribution is 0.103. The van der Waals surface area contributed by atoms with E-state index in [1.165, 1.54) is 12.3 Å². The summed E-state index contributed by atoms with van der Waals surface area (Å²) in [5, 5.41) is 3.27. The number of rotatable bonds is 6. The smallest absolute Gasteiger partial charge is 0.267 e. The van der Waals surface area contributed by atoms with Gasteiger partial charge >= 0.3 is 0 Å². The number of hydrogen-bond acceptors (Lipinski definition) is 5. The second-order valence-electron chi connectivity index (χ2n) is 5.54. The fraction of sp³-hybridized carbons (Fsp3) is 0.211. The molecule has 1 amide bonds. The summed E-state index contributed by atoms with van der Waals surface area (Å²) in [4.78, 5) is 23.5. The third-order valence-electron chi connectivity index (χ3n) is 3.93. The maximum Gasteiger partial charge on any atom is 0.267 e. The lowest BCUT2D eigenvalue weighted by Crippen LogP contribution is -2.22. The van der Waals surface area contributed by atoms with Gasteiger partial charge in [0.1, 0.15) is 21.5 Å². The normalized spacial score (nSPS) is 10.6. The van der Waals surface area contributed by atoms with Gasteiger partial charge in [0.15, 0.2) is 0 Å². The topological polar surface area (TPSA) is 58.1 Å². The van der Waals surface area contributed by atoms with Gasteiger partial charge in [-0.3, -0.25) is 4.79 Å². The van der Waals surface area contributed by atoms with Crippen molar-refractivity contribution in [2.45, 2.75) is 13.8 Å². The highest BCUT2D eigenvalue weighted by atomic mass is 32.1. The first-order valence-electron chi connectivity index (χ1n) is 8.35. The average Bonchev–Trinajstić information content (AvgIpc) is 3.14. The Morgan fingerprint density at radius 1 is 1.12 bits per heavy atom. The number of carbonyl (C=O) groups is 1. The summed E-state index contributed by atoms with van der Waals surface area (Å²) in [6.07, 6.45) is 3.09. The van der Waals surface area contributed by atoms with Gasteiger partial charge in [0.05, 0.1) is 18.1 Å². The molecule has 0 saturated heterocycles. The molecule has 134 valence electrons. The van der Waals surface area contributed by atoms with Gasteiger partial charge in [-0.15, -0.1) is 11.3 Å². The number of nitrogens with one attached hydrogen (secondary N) is 1. The zero-order valence-electron chi connectivity index (χ0n) is 14.6. The fourth-order valence-electron chi connectivity index (χ4n) is 2.53. The molecule has 26 heavy (non-hydrogen) atoms. The Morgan fingerprint density at radius 3 is 2.54 bits per heavy atom. The predicted molar refractivity (Wildman–Crippen MR) is 103 cm³/mol. The van der Waals surface area contributed by atoms with Crippen LogP contribution in [0.25, 0.3) is 10.6 Å². The van der Waals surface area contributed by atoms with Crippen molar-refractivity contribution in [2.24, 2.45) is 0 Å². The highest BCUT2D eigenvalue weighted by Gasteiger charge is 2.14. The Labute approximate surface area is 155 Å². The first-order valence-corrected chi connectivity index (χ1v) is 9.17. The van der Waals surface area contributed by atoms with Crippen LogP contribution in [0.15, 0.2) is 48.8 Å². The monoisotopic (exact) mass is 370 g/mol. The molecular weight excluding hydrogens is 351 g/mol. The van der Waals surface area contributed by atoms with Crippen LogP contribution in [0, 0.1) is 5.82 Å². The van der Waals surface area contributed by atoms with E-state index < -0.39 is 0 Å². The summed E-state index contributed by atoms with van der Waals surface area (Å²) in [6.45, 7) is 5.87. The van der Waals surface area contributed by atoms with Crippen molar-refractivity contribution in [3.8, 4) is 10.6 Å². The molecule has 0 fully saturated rings. The molecule has 2 aromatic heterocycles. The molecule has 1 aromatic carbocycles. The van der Waals surface area contributed by atoms with E-state index in [1.807, 2.05) is 12.1 Å². The third kappa shape index (κ3) is 3.88. The molecule has 5 nitrogen and oxygen atoms in total.